The van der Waals surface area contributed by atoms with E-state index >= 15 is 0 Å². The zero-order chi connectivity index (χ0) is 6.78. The van der Waals surface area contributed by atoms with Gasteiger partial charge in [0.25, 0.3) is 0 Å². The quantitative estimate of drug-likeness (QED) is 0.587. The molecule has 0 aromatic rings. The molecule has 0 aromatic carbocycles. The van der Waals surface area contributed by atoms with Crippen molar-refractivity contribution in [3.05, 3.63) is 0 Å². The van der Waals surface area contributed by atoms with Gasteiger partial charge in [-0.15, -0.1) is 0 Å². The molecule has 2 heteroatoms. The Kier molecular flexibility index (Phi) is 3.33. The van der Waals surface area contributed by atoms with Gasteiger partial charge in [0, 0.05) is 0 Å². The van der Waals surface area contributed by atoms with E-state index in [0.717, 1.165) is 0 Å². The third-order valence-electron chi connectivity index (χ3n) is 0.908. The van der Waals surface area contributed by atoms with Crippen LogP contribution in [0.2, 0.25) is 23.5 Å². The van der Waals surface area contributed by atoms with Crippen LogP contribution in [0, 0.1) is 0 Å². The molecule has 0 rings (SSSR count). The van der Waals surface area contributed by atoms with Crippen LogP contribution in [0.1, 0.15) is 13.8 Å². The molecule has 0 radical (unpaired) electrons. The molecule has 0 amide bonds. The van der Waals surface area contributed by atoms with Crippen LogP contribution in [0.5, 0.6) is 0 Å². The van der Waals surface area contributed by atoms with Gasteiger partial charge in [0.15, 0.2) is 0 Å². The van der Waals surface area contributed by atoms with Gasteiger partial charge >= 0.3 is 62.1 Å². The Morgan fingerprint density at radius 3 is 1.75 bits per heavy atom. The van der Waals surface area contributed by atoms with Gasteiger partial charge in [-0.25, -0.2) is 0 Å². The van der Waals surface area contributed by atoms with Crippen molar-refractivity contribution in [2.45, 2.75) is 37.3 Å². The van der Waals surface area contributed by atoms with E-state index in [9.17, 15) is 0 Å². The summed E-state index contributed by atoms with van der Waals surface area (Å²) in [7, 11) is -0.311. The molecule has 0 saturated carbocycles. The van der Waals surface area contributed by atoms with Crippen molar-refractivity contribution in [2.24, 2.45) is 0 Å². The first-order valence-corrected chi connectivity index (χ1v) is 7.20. The Balaban J connectivity index is 3.39. The number of hydrogen-bond donors (Lipinski definition) is 0. The maximum atomic E-state index is 2.75. The summed E-state index contributed by atoms with van der Waals surface area (Å²) < 4.78 is 0.521. The molecular weight excluding hydrogens is 179 g/mol. The van der Waals surface area contributed by atoms with Crippen LogP contribution < -0.4 is 0 Å². The molecule has 0 aliphatic heterocycles. The summed E-state index contributed by atoms with van der Waals surface area (Å²) in [6.07, 6.45) is 0. The van der Waals surface area contributed by atoms with Gasteiger partial charge in [0.05, 0.1) is 0 Å². The monoisotopic (exact) mass is 196 g/mol. The predicted octanol–water partition coefficient (Wildman–Crippen LogP) is 1.57. The van der Waals surface area contributed by atoms with Gasteiger partial charge in [-0.1, -0.05) is 0 Å². The van der Waals surface area contributed by atoms with E-state index in [1.807, 2.05) is 0 Å². The zero-order valence-corrected chi connectivity index (χ0v) is 9.26. The molecule has 0 bridgehead atoms. The molecule has 50 valence electrons. The van der Waals surface area contributed by atoms with Crippen molar-refractivity contribution in [2.75, 3.05) is 0 Å². The summed E-state index contributed by atoms with van der Waals surface area (Å²) in [5.74, 6) is 0. The summed E-state index contributed by atoms with van der Waals surface area (Å²) in [4.78, 5) is 0. The van der Waals surface area contributed by atoms with Gasteiger partial charge < -0.3 is 0 Å². The van der Waals surface area contributed by atoms with Crippen LogP contribution in [0.15, 0.2) is 0 Å². The normalized spacial score (nSPS) is 12.8. The molecule has 0 N–H and O–H groups in total. The summed E-state index contributed by atoms with van der Waals surface area (Å²) >= 11 is 2.75. The molecule has 0 aromatic heterocycles. The second-order valence-electron chi connectivity index (χ2n) is 3.41. The molecule has 8 heavy (non-hydrogen) atoms. The molecule has 0 aliphatic rings. The second kappa shape index (κ2) is 3.05. The third-order valence-corrected chi connectivity index (χ3v) is 3.87. The van der Waals surface area contributed by atoms with E-state index in [2.05, 4.69) is 43.0 Å². The molecule has 0 unspecified atom stereocenters. The van der Waals surface area contributed by atoms with E-state index in [-0.39, 0.29) is 8.80 Å². The minimum absolute atomic E-state index is 0.311. The molecule has 0 nitrogen and oxygen atoms in total. The molecular formula is C6H16SeSi. The fourth-order valence-corrected chi connectivity index (χ4v) is 5.30. The summed E-state index contributed by atoms with van der Waals surface area (Å²) in [6.45, 7) is 9.38. The van der Waals surface area contributed by atoms with E-state index in [1.54, 1.807) is 0 Å². The van der Waals surface area contributed by atoms with Crippen LogP contribution in [0.3, 0.4) is 0 Å². The predicted molar refractivity (Wildman–Crippen MR) is 44.9 cm³/mol. The average Bonchev–Trinajstić information content (AvgIpc) is 1.21. The zero-order valence-electron chi connectivity index (χ0n) is 6.23. The Morgan fingerprint density at radius 2 is 1.75 bits per heavy atom. The fraction of sp³-hybridized carbons (Fsp3) is 1.00. The molecule has 0 spiro atoms. The van der Waals surface area contributed by atoms with Gasteiger partial charge in [-0.2, -0.15) is 0 Å². The van der Waals surface area contributed by atoms with E-state index in [0.29, 0.717) is 4.31 Å². The summed E-state index contributed by atoms with van der Waals surface area (Å²) in [5, 5.41) is 0. The Labute approximate surface area is 62.5 Å². The van der Waals surface area contributed by atoms with Crippen LogP contribution in [0.25, 0.3) is 0 Å². The fourth-order valence-electron chi connectivity index (χ4n) is 0.999. The van der Waals surface area contributed by atoms with E-state index < -0.39 is 0 Å². The second-order valence-corrected chi connectivity index (χ2v) is 9.15. The molecule has 0 fully saturated rings. The van der Waals surface area contributed by atoms with Gasteiger partial charge in [0.1, 0.15) is 0 Å². The average molecular weight is 195 g/mol. The Morgan fingerprint density at radius 1 is 1.38 bits per heavy atom. The van der Waals surface area contributed by atoms with Gasteiger partial charge in [0.2, 0.25) is 0 Å². The number of hydrogen-bond acceptors (Lipinski definition) is 0. The molecule has 0 aliphatic carbocycles. The van der Waals surface area contributed by atoms with Gasteiger partial charge in [-0.3, -0.25) is 0 Å². The van der Waals surface area contributed by atoms with Gasteiger partial charge in [-0.05, 0) is 0 Å². The Bertz CT molecular complexity index is 63.4. The van der Waals surface area contributed by atoms with Crippen molar-refractivity contribution in [1.82, 2.24) is 0 Å². The standard InChI is InChI=1S/C6H16SeSi/c1-6(2,7)5-8(3)4/h7-8H,5H2,1-4H3. The molecule has 0 saturated heterocycles. The SMILES string of the molecule is C[SiH](C)CC(C)(C)[SeH]. The van der Waals surface area contributed by atoms with E-state index in [1.165, 1.54) is 6.04 Å². The van der Waals surface area contributed by atoms with Crippen LogP contribution in [-0.4, -0.2) is 24.8 Å². The first kappa shape index (κ1) is 8.74. The van der Waals surface area contributed by atoms with Crippen LogP contribution in [-0.2, 0) is 0 Å². The van der Waals surface area contributed by atoms with Crippen LogP contribution in [0.4, 0.5) is 0 Å². The topological polar surface area (TPSA) is 0 Å². The summed E-state index contributed by atoms with van der Waals surface area (Å²) in [6, 6.07) is 1.44. The first-order valence-electron chi connectivity index (χ1n) is 3.14. The summed E-state index contributed by atoms with van der Waals surface area (Å²) in [5.41, 5.74) is 0. The third kappa shape index (κ3) is 6.74. The maximum absolute atomic E-state index is 2.75. The molecule has 0 atom stereocenters. The van der Waals surface area contributed by atoms with Crippen molar-refractivity contribution in [1.29, 1.82) is 0 Å². The first-order chi connectivity index (χ1) is 3.42. The van der Waals surface area contributed by atoms with Crippen LogP contribution >= 0.6 is 0 Å². The minimum atomic E-state index is -0.311. The number of rotatable bonds is 2. The Hall–Kier alpha value is 0.736. The van der Waals surface area contributed by atoms with Crippen molar-refractivity contribution < 1.29 is 0 Å². The van der Waals surface area contributed by atoms with Crippen molar-refractivity contribution >= 4 is 24.8 Å². The molecule has 0 heterocycles. The van der Waals surface area contributed by atoms with E-state index in [4.69, 9.17) is 0 Å². The van der Waals surface area contributed by atoms with Crippen molar-refractivity contribution in [3.8, 4) is 0 Å². The van der Waals surface area contributed by atoms with Crippen molar-refractivity contribution in [3.63, 3.8) is 0 Å².